The predicted molar refractivity (Wildman–Crippen MR) is 72.6 cm³/mol. The molecule has 18 heavy (non-hydrogen) atoms. The number of ether oxygens (including phenoxy) is 2. The van der Waals surface area contributed by atoms with Gasteiger partial charge in [0.15, 0.2) is 0 Å². The Morgan fingerprint density at radius 1 is 1.39 bits per heavy atom. The average molecular weight is 256 g/mol. The summed E-state index contributed by atoms with van der Waals surface area (Å²) >= 11 is 0. The maximum absolute atomic E-state index is 6.13. The molecule has 1 heterocycles. The van der Waals surface area contributed by atoms with Crippen molar-refractivity contribution in [3.8, 4) is 0 Å². The number of hydrogen-bond donors (Lipinski definition) is 1. The van der Waals surface area contributed by atoms with Crippen molar-refractivity contribution in [1.29, 1.82) is 0 Å². The zero-order valence-electron chi connectivity index (χ0n) is 12.1. The monoisotopic (exact) mass is 256 g/mol. The first-order valence-electron chi connectivity index (χ1n) is 7.09. The fraction of sp³-hybridized carbons (Fsp3) is 1.00. The van der Waals surface area contributed by atoms with Gasteiger partial charge >= 0.3 is 0 Å². The van der Waals surface area contributed by atoms with Crippen LogP contribution in [0.3, 0.4) is 0 Å². The van der Waals surface area contributed by atoms with Crippen LogP contribution < -0.4 is 5.73 Å². The zero-order chi connectivity index (χ0) is 13.2. The Kier molecular flexibility index (Phi) is 4.32. The molecular weight excluding hydrogens is 228 g/mol. The van der Waals surface area contributed by atoms with Crippen molar-refractivity contribution in [2.45, 2.75) is 43.7 Å². The molecule has 106 valence electrons. The van der Waals surface area contributed by atoms with E-state index in [1.54, 1.807) is 7.11 Å². The molecule has 0 aromatic rings. The molecule has 1 saturated heterocycles. The molecule has 2 N–H and O–H groups in total. The zero-order valence-corrected chi connectivity index (χ0v) is 12.1. The van der Waals surface area contributed by atoms with Crippen LogP contribution in [-0.2, 0) is 9.47 Å². The number of nitrogens with two attached hydrogens (primary N) is 1. The van der Waals surface area contributed by atoms with E-state index in [2.05, 4.69) is 11.8 Å². The van der Waals surface area contributed by atoms with E-state index in [0.717, 1.165) is 26.1 Å². The van der Waals surface area contributed by atoms with Gasteiger partial charge in [-0.1, -0.05) is 0 Å². The summed E-state index contributed by atoms with van der Waals surface area (Å²) in [4.78, 5) is 2.54. The molecule has 0 spiro atoms. The van der Waals surface area contributed by atoms with E-state index in [4.69, 9.17) is 15.2 Å². The molecule has 0 radical (unpaired) electrons. The van der Waals surface area contributed by atoms with Gasteiger partial charge in [-0.15, -0.1) is 0 Å². The number of hydrogen-bond acceptors (Lipinski definition) is 4. The third-order valence-corrected chi connectivity index (χ3v) is 4.87. The van der Waals surface area contributed by atoms with Crippen molar-refractivity contribution in [2.75, 3.05) is 40.5 Å². The van der Waals surface area contributed by atoms with Crippen LogP contribution in [0.25, 0.3) is 0 Å². The third-order valence-electron chi connectivity index (χ3n) is 4.87. The number of methoxy groups -OCH3 is 2. The van der Waals surface area contributed by atoms with Crippen molar-refractivity contribution in [3.63, 3.8) is 0 Å². The maximum Gasteiger partial charge on any atom is 0.0777 e. The van der Waals surface area contributed by atoms with Gasteiger partial charge in [0.25, 0.3) is 0 Å². The Labute approximate surface area is 111 Å². The van der Waals surface area contributed by atoms with E-state index in [9.17, 15) is 0 Å². The highest BCUT2D eigenvalue weighted by Gasteiger charge is 2.50. The second kappa shape index (κ2) is 5.45. The van der Waals surface area contributed by atoms with E-state index in [1.807, 2.05) is 7.11 Å². The van der Waals surface area contributed by atoms with Gasteiger partial charge in [-0.25, -0.2) is 0 Å². The Morgan fingerprint density at radius 2 is 2.11 bits per heavy atom. The lowest BCUT2D eigenvalue weighted by Crippen LogP contribution is -2.64. The van der Waals surface area contributed by atoms with E-state index in [1.165, 1.54) is 19.3 Å². The van der Waals surface area contributed by atoms with E-state index in [-0.39, 0.29) is 11.1 Å². The van der Waals surface area contributed by atoms with Crippen LogP contribution in [0.4, 0.5) is 0 Å². The van der Waals surface area contributed by atoms with Crippen LogP contribution in [0.2, 0.25) is 0 Å². The number of likely N-dealkylation sites (tertiary alicyclic amines) is 1. The van der Waals surface area contributed by atoms with E-state index in [0.29, 0.717) is 12.5 Å². The Hall–Kier alpha value is -0.160. The van der Waals surface area contributed by atoms with Crippen molar-refractivity contribution < 1.29 is 9.47 Å². The summed E-state index contributed by atoms with van der Waals surface area (Å²) in [6.45, 7) is 5.73. The van der Waals surface area contributed by atoms with Gasteiger partial charge in [0.2, 0.25) is 0 Å². The van der Waals surface area contributed by atoms with Gasteiger partial charge in [0, 0.05) is 27.3 Å². The number of nitrogens with zero attached hydrogens (tertiary/aromatic N) is 1. The summed E-state index contributed by atoms with van der Waals surface area (Å²) in [5.41, 5.74) is 6.14. The Morgan fingerprint density at radius 3 is 2.61 bits per heavy atom. The Balaban J connectivity index is 2.14. The lowest BCUT2D eigenvalue weighted by molar-refractivity contribution is -0.0990. The molecule has 0 aromatic heterocycles. The Bertz CT molecular complexity index is 283. The molecular formula is C14H28N2O2. The first-order chi connectivity index (χ1) is 8.60. The molecule has 4 heteroatoms. The topological polar surface area (TPSA) is 47.7 Å². The van der Waals surface area contributed by atoms with Crippen LogP contribution >= 0.6 is 0 Å². The second-order valence-electron chi connectivity index (χ2n) is 6.19. The molecule has 1 aliphatic carbocycles. The van der Waals surface area contributed by atoms with Crippen LogP contribution in [-0.4, -0.2) is 56.5 Å². The van der Waals surface area contributed by atoms with Crippen LogP contribution in [0.1, 0.15) is 32.6 Å². The van der Waals surface area contributed by atoms with Gasteiger partial charge in [0.1, 0.15) is 0 Å². The van der Waals surface area contributed by atoms with E-state index >= 15 is 0 Å². The van der Waals surface area contributed by atoms with Crippen LogP contribution in [0.15, 0.2) is 0 Å². The molecule has 2 fully saturated rings. The van der Waals surface area contributed by atoms with Crippen LogP contribution in [0.5, 0.6) is 0 Å². The fourth-order valence-electron chi connectivity index (χ4n) is 3.45. The van der Waals surface area contributed by atoms with Crippen molar-refractivity contribution in [1.82, 2.24) is 4.90 Å². The van der Waals surface area contributed by atoms with Crippen molar-refractivity contribution in [3.05, 3.63) is 0 Å². The SMILES string of the molecule is COCC(CN)(C1CC1)N1CCCC(C)(OC)C1. The van der Waals surface area contributed by atoms with Gasteiger partial charge < -0.3 is 15.2 Å². The molecule has 0 bridgehead atoms. The molecule has 2 unspecified atom stereocenters. The molecule has 1 aliphatic heterocycles. The largest absolute Gasteiger partial charge is 0.383 e. The highest BCUT2D eigenvalue weighted by molar-refractivity contribution is 5.06. The maximum atomic E-state index is 6.13. The van der Waals surface area contributed by atoms with Crippen molar-refractivity contribution >= 4 is 0 Å². The molecule has 2 atom stereocenters. The average Bonchev–Trinajstić information content (AvgIpc) is 3.21. The summed E-state index contributed by atoms with van der Waals surface area (Å²) in [5, 5.41) is 0. The standard InChI is InChI=1S/C14H28N2O2/c1-13(18-3)7-4-8-16(10-13)14(9-15,11-17-2)12-5-6-12/h12H,4-11,15H2,1-3H3. The molecule has 0 aromatic carbocycles. The fourth-order valence-corrected chi connectivity index (χ4v) is 3.45. The molecule has 1 saturated carbocycles. The first kappa shape index (κ1) is 14.3. The highest BCUT2D eigenvalue weighted by atomic mass is 16.5. The third kappa shape index (κ3) is 2.57. The minimum absolute atomic E-state index is 0.0265. The molecule has 0 amide bonds. The van der Waals surface area contributed by atoms with Crippen molar-refractivity contribution in [2.24, 2.45) is 11.7 Å². The normalized spacial score (nSPS) is 33.3. The molecule has 2 aliphatic rings. The number of rotatable bonds is 6. The summed E-state index contributed by atoms with van der Waals surface area (Å²) in [6, 6.07) is 0. The van der Waals surface area contributed by atoms with E-state index < -0.39 is 0 Å². The summed E-state index contributed by atoms with van der Waals surface area (Å²) in [7, 11) is 3.60. The minimum Gasteiger partial charge on any atom is -0.383 e. The van der Waals surface area contributed by atoms with Crippen LogP contribution in [0, 0.1) is 5.92 Å². The van der Waals surface area contributed by atoms with Gasteiger partial charge in [-0.3, -0.25) is 4.90 Å². The molecule has 2 rings (SSSR count). The summed E-state index contributed by atoms with van der Waals surface area (Å²) in [5.74, 6) is 0.710. The van der Waals surface area contributed by atoms with Gasteiger partial charge in [-0.2, -0.15) is 0 Å². The summed E-state index contributed by atoms with van der Waals surface area (Å²) < 4.78 is 11.2. The van der Waals surface area contributed by atoms with Gasteiger partial charge in [0.05, 0.1) is 17.7 Å². The first-order valence-corrected chi connectivity index (χ1v) is 7.09. The molecule has 4 nitrogen and oxygen atoms in total. The quantitative estimate of drug-likeness (QED) is 0.777. The minimum atomic E-state index is -0.0265. The number of piperidine rings is 1. The second-order valence-corrected chi connectivity index (χ2v) is 6.19. The lowest BCUT2D eigenvalue weighted by atomic mass is 9.85. The predicted octanol–water partition coefficient (Wildman–Crippen LogP) is 1.24. The highest BCUT2D eigenvalue weighted by Crippen LogP contribution is 2.44. The lowest BCUT2D eigenvalue weighted by Gasteiger charge is -2.50. The summed E-state index contributed by atoms with van der Waals surface area (Å²) in [6.07, 6.45) is 4.91. The smallest absolute Gasteiger partial charge is 0.0777 e. The van der Waals surface area contributed by atoms with Gasteiger partial charge in [-0.05, 0) is 45.1 Å².